The number of carbonyl (C=O) groups is 1. The van der Waals surface area contributed by atoms with Crippen LogP contribution in [-0.2, 0) is 6.54 Å². The van der Waals surface area contributed by atoms with Crippen molar-refractivity contribution in [3.05, 3.63) is 58.9 Å². The molecule has 0 atom stereocenters. The Morgan fingerprint density at radius 2 is 2.11 bits per heavy atom. The highest BCUT2D eigenvalue weighted by Crippen LogP contribution is 2.23. The number of ketones is 1. The first-order valence-electron chi connectivity index (χ1n) is 6.00. The van der Waals surface area contributed by atoms with Crippen molar-refractivity contribution in [1.82, 2.24) is 4.98 Å². The number of pyridine rings is 1. The van der Waals surface area contributed by atoms with E-state index in [1.807, 2.05) is 19.1 Å². The fourth-order valence-corrected chi connectivity index (χ4v) is 1.89. The summed E-state index contributed by atoms with van der Waals surface area (Å²) in [6, 6.07) is 8.93. The largest absolute Gasteiger partial charge is 0.496 e. The van der Waals surface area contributed by atoms with Gasteiger partial charge in [0.2, 0.25) is 0 Å². The number of methoxy groups -OCH3 is 1. The van der Waals surface area contributed by atoms with E-state index in [0.717, 1.165) is 5.56 Å². The molecule has 1 aromatic heterocycles. The molecule has 0 amide bonds. The van der Waals surface area contributed by atoms with Crippen LogP contribution in [0, 0.1) is 6.92 Å². The maximum absolute atomic E-state index is 12.5. The lowest BCUT2D eigenvalue weighted by Crippen LogP contribution is -2.07. The third-order valence-corrected chi connectivity index (χ3v) is 2.89. The summed E-state index contributed by atoms with van der Waals surface area (Å²) in [6.07, 6.45) is 1.59. The van der Waals surface area contributed by atoms with Crippen LogP contribution in [0.2, 0.25) is 0 Å². The molecule has 19 heavy (non-hydrogen) atoms. The standard InChI is InChI=1S/C15H16N2O2/c1-10-3-4-14(19-2)13(7-10)15(18)11-5-6-17-12(8-11)9-16/h3-8H,9,16H2,1-2H3. The number of ether oxygens (including phenoxy) is 1. The highest BCUT2D eigenvalue weighted by Gasteiger charge is 2.15. The zero-order valence-electron chi connectivity index (χ0n) is 11.0. The summed E-state index contributed by atoms with van der Waals surface area (Å²) in [7, 11) is 1.55. The normalized spacial score (nSPS) is 10.3. The lowest BCUT2D eigenvalue weighted by atomic mass is 10.0. The lowest BCUT2D eigenvalue weighted by molar-refractivity contribution is 0.103. The molecule has 1 aromatic carbocycles. The molecule has 4 heteroatoms. The van der Waals surface area contributed by atoms with Crippen LogP contribution >= 0.6 is 0 Å². The number of nitrogens with two attached hydrogens (primary N) is 1. The minimum atomic E-state index is -0.0855. The van der Waals surface area contributed by atoms with Crippen LogP contribution in [-0.4, -0.2) is 17.9 Å². The molecule has 0 radical (unpaired) electrons. The number of aryl methyl sites for hydroxylation is 1. The van der Waals surface area contributed by atoms with E-state index in [9.17, 15) is 4.79 Å². The molecule has 0 spiro atoms. The summed E-state index contributed by atoms with van der Waals surface area (Å²) in [5.41, 5.74) is 8.36. The van der Waals surface area contributed by atoms with Crippen LogP contribution in [0.15, 0.2) is 36.5 Å². The molecule has 2 N–H and O–H groups in total. The van der Waals surface area contributed by atoms with Gasteiger partial charge >= 0.3 is 0 Å². The average Bonchev–Trinajstić information content (AvgIpc) is 2.46. The van der Waals surface area contributed by atoms with E-state index in [0.29, 0.717) is 29.1 Å². The molecule has 0 aliphatic heterocycles. The second-order valence-electron chi connectivity index (χ2n) is 4.27. The Morgan fingerprint density at radius 3 is 2.79 bits per heavy atom. The van der Waals surface area contributed by atoms with Gasteiger partial charge in [-0.2, -0.15) is 0 Å². The Morgan fingerprint density at radius 1 is 1.32 bits per heavy atom. The fraction of sp³-hybridized carbons (Fsp3) is 0.200. The Hall–Kier alpha value is -2.20. The minimum absolute atomic E-state index is 0.0855. The van der Waals surface area contributed by atoms with Gasteiger partial charge in [0.1, 0.15) is 5.75 Å². The van der Waals surface area contributed by atoms with Crippen LogP contribution in [0.3, 0.4) is 0 Å². The van der Waals surface area contributed by atoms with Crippen molar-refractivity contribution in [3.8, 4) is 5.75 Å². The predicted molar refractivity (Wildman–Crippen MR) is 73.3 cm³/mol. The molecule has 0 saturated carbocycles. The Bertz CT molecular complexity index is 609. The van der Waals surface area contributed by atoms with Crippen molar-refractivity contribution < 1.29 is 9.53 Å². The van der Waals surface area contributed by atoms with Crippen LogP contribution in [0.1, 0.15) is 27.2 Å². The van der Waals surface area contributed by atoms with Gasteiger partial charge in [-0.3, -0.25) is 9.78 Å². The Kier molecular flexibility index (Phi) is 3.92. The van der Waals surface area contributed by atoms with Gasteiger partial charge < -0.3 is 10.5 Å². The highest BCUT2D eigenvalue weighted by molar-refractivity contribution is 6.10. The molecule has 0 bridgehead atoms. The number of benzene rings is 1. The lowest BCUT2D eigenvalue weighted by Gasteiger charge is -2.09. The molecule has 2 rings (SSSR count). The summed E-state index contributed by atoms with van der Waals surface area (Å²) in [6.45, 7) is 2.25. The van der Waals surface area contributed by atoms with Gasteiger partial charge in [0.15, 0.2) is 5.78 Å². The van der Waals surface area contributed by atoms with Gasteiger partial charge in [0.05, 0.1) is 18.4 Å². The first kappa shape index (κ1) is 13.2. The molecule has 0 unspecified atom stereocenters. The van der Waals surface area contributed by atoms with E-state index < -0.39 is 0 Å². The smallest absolute Gasteiger partial charge is 0.196 e. The number of hydrogen-bond acceptors (Lipinski definition) is 4. The van der Waals surface area contributed by atoms with Crippen LogP contribution in [0.25, 0.3) is 0 Å². The van der Waals surface area contributed by atoms with Crippen molar-refractivity contribution in [3.63, 3.8) is 0 Å². The summed E-state index contributed by atoms with van der Waals surface area (Å²) in [5.74, 6) is 0.486. The molecule has 0 saturated heterocycles. The van der Waals surface area contributed by atoms with E-state index in [2.05, 4.69) is 4.98 Å². The van der Waals surface area contributed by atoms with Crippen molar-refractivity contribution in [2.45, 2.75) is 13.5 Å². The minimum Gasteiger partial charge on any atom is -0.496 e. The maximum atomic E-state index is 12.5. The molecule has 0 aliphatic rings. The second kappa shape index (κ2) is 5.63. The summed E-state index contributed by atoms with van der Waals surface area (Å²) in [5, 5.41) is 0. The van der Waals surface area contributed by atoms with E-state index in [1.54, 1.807) is 31.5 Å². The van der Waals surface area contributed by atoms with E-state index in [4.69, 9.17) is 10.5 Å². The molecule has 0 aliphatic carbocycles. The third kappa shape index (κ3) is 2.80. The SMILES string of the molecule is COc1ccc(C)cc1C(=O)c1ccnc(CN)c1. The summed E-state index contributed by atoms with van der Waals surface area (Å²) < 4.78 is 5.24. The van der Waals surface area contributed by atoms with Gasteiger partial charge in [-0.1, -0.05) is 11.6 Å². The van der Waals surface area contributed by atoms with Gasteiger partial charge in [-0.05, 0) is 31.2 Å². The van der Waals surface area contributed by atoms with Gasteiger partial charge in [0, 0.05) is 18.3 Å². The van der Waals surface area contributed by atoms with E-state index >= 15 is 0 Å². The van der Waals surface area contributed by atoms with Crippen molar-refractivity contribution in [2.75, 3.05) is 7.11 Å². The number of nitrogens with zero attached hydrogens (tertiary/aromatic N) is 1. The molecule has 4 nitrogen and oxygen atoms in total. The number of rotatable bonds is 4. The van der Waals surface area contributed by atoms with Gasteiger partial charge in [0.25, 0.3) is 0 Å². The molecule has 98 valence electrons. The second-order valence-corrected chi connectivity index (χ2v) is 4.27. The number of hydrogen-bond donors (Lipinski definition) is 1. The summed E-state index contributed by atoms with van der Waals surface area (Å²) in [4.78, 5) is 16.6. The van der Waals surface area contributed by atoms with Crippen molar-refractivity contribution in [1.29, 1.82) is 0 Å². The molecular formula is C15H16N2O2. The average molecular weight is 256 g/mol. The van der Waals surface area contributed by atoms with Crippen LogP contribution < -0.4 is 10.5 Å². The quantitative estimate of drug-likeness (QED) is 0.851. The van der Waals surface area contributed by atoms with Gasteiger partial charge in [-0.25, -0.2) is 0 Å². The predicted octanol–water partition coefficient (Wildman–Crippen LogP) is 2.09. The first-order valence-corrected chi connectivity index (χ1v) is 6.00. The van der Waals surface area contributed by atoms with Gasteiger partial charge in [-0.15, -0.1) is 0 Å². The Labute approximate surface area is 112 Å². The zero-order chi connectivity index (χ0) is 13.8. The molecule has 0 fully saturated rings. The highest BCUT2D eigenvalue weighted by atomic mass is 16.5. The fourth-order valence-electron chi connectivity index (χ4n) is 1.89. The van der Waals surface area contributed by atoms with Crippen molar-refractivity contribution in [2.24, 2.45) is 5.73 Å². The third-order valence-electron chi connectivity index (χ3n) is 2.89. The molecule has 1 heterocycles. The number of carbonyl (C=O) groups excluding carboxylic acids is 1. The first-order chi connectivity index (χ1) is 9.15. The topological polar surface area (TPSA) is 65.2 Å². The Balaban J connectivity index is 2.46. The number of aromatic nitrogens is 1. The van der Waals surface area contributed by atoms with Crippen LogP contribution in [0.4, 0.5) is 0 Å². The van der Waals surface area contributed by atoms with Crippen LogP contribution in [0.5, 0.6) is 5.75 Å². The zero-order valence-corrected chi connectivity index (χ0v) is 11.0. The van der Waals surface area contributed by atoms with Crippen molar-refractivity contribution >= 4 is 5.78 Å². The van der Waals surface area contributed by atoms with E-state index in [1.165, 1.54) is 0 Å². The monoisotopic (exact) mass is 256 g/mol. The van der Waals surface area contributed by atoms with E-state index in [-0.39, 0.29) is 5.78 Å². The summed E-state index contributed by atoms with van der Waals surface area (Å²) >= 11 is 0. The maximum Gasteiger partial charge on any atom is 0.196 e. The molecular weight excluding hydrogens is 240 g/mol. The molecule has 2 aromatic rings.